The zero-order valence-electron chi connectivity index (χ0n) is 14.1. The maximum Gasteiger partial charge on any atom is 0.0952 e. The van der Waals surface area contributed by atoms with Crippen molar-refractivity contribution >= 4 is 0 Å². The minimum atomic E-state index is 1.02. The molecule has 0 aliphatic heterocycles. The van der Waals surface area contributed by atoms with Crippen LogP contribution in [0.2, 0.25) is 0 Å². The third-order valence-corrected chi connectivity index (χ3v) is 7.70. The second-order valence-electron chi connectivity index (χ2n) is 7.88. The van der Waals surface area contributed by atoms with Gasteiger partial charge < -0.3 is 4.48 Å². The van der Waals surface area contributed by atoms with E-state index in [0.29, 0.717) is 0 Å². The van der Waals surface area contributed by atoms with Crippen LogP contribution in [0.3, 0.4) is 0 Å². The Labute approximate surface area is 126 Å². The highest BCUT2D eigenvalue weighted by atomic mass is 15.4. The molecule has 0 heterocycles. The quantitative estimate of drug-likeness (QED) is 0.644. The van der Waals surface area contributed by atoms with Gasteiger partial charge in [0.1, 0.15) is 0 Å². The van der Waals surface area contributed by atoms with Crippen LogP contribution in [-0.4, -0.2) is 30.2 Å². The van der Waals surface area contributed by atoms with Crippen LogP contribution in [-0.2, 0) is 0 Å². The Morgan fingerprint density at radius 1 is 0.600 bits per heavy atom. The molecule has 1 heteroatoms. The highest BCUT2D eigenvalue weighted by Crippen LogP contribution is 2.57. The number of hydrogen-bond donors (Lipinski definition) is 0. The average Bonchev–Trinajstić information content (AvgIpc) is 2.86. The summed E-state index contributed by atoms with van der Waals surface area (Å²) in [5.74, 6) is 4.38. The molecule has 1 nitrogen and oxygen atoms in total. The van der Waals surface area contributed by atoms with E-state index in [2.05, 4.69) is 20.8 Å². The van der Waals surface area contributed by atoms with E-state index in [1.54, 1.807) is 25.7 Å². The molecule has 20 heavy (non-hydrogen) atoms. The van der Waals surface area contributed by atoms with Crippen molar-refractivity contribution in [1.29, 1.82) is 0 Å². The third-order valence-electron chi connectivity index (χ3n) is 7.70. The van der Waals surface area contributed by atoms with Gasteiger partial charge in [-0.3, -0.25) is 0 Å². The minimum Gasteiger partial charge on any atom is -0.321 e. The molecule has 0 aromatic rings. The lowest BCUT2D eigenvalue weighted by atomic mass is 9.73. The summed E-state index contributed by atoms with van der Waals surface area (Å²) >= 11 is 0. The third kappa shape index (κ3) is 2.16. The van der Waals surface area contributed by atoms with E-state index in [9.17, 15) is 0 Å². The van der Waals surface area contributed by atoms with Crippen molar-refractivity contribution in [2.24, 2.45) is 23.7 Å². The second-order valence-corrected chi connectivity index (χ2v) is 7.88. The van der Waals surface area contributed by atoms with Gasteiger partial charge in [-0.25, -0.2) is 0 Å². The van der Waals surface area contributed by atoms with Crippen LogP contribution < -0.4 is 0 Å². The fraction of sp³-hybridized carbons (Fsp3) is 1.00. The zero-order valence-corrected chi connectivity index (χ0v) is 14.1. The Morgan fingerprint density at radius 2 is 0.950 bits per heavy atom. The lowest BCUT2D eigenvalue weighted by molar-refractivity contribution is -0.953. The molecular weight excluding hydrogens is 242 g/mol. The van der Waals surface area contributed by atoms with Crippen LogP contribution in [0.15, 0.2) is 0 Å². The summed E-state index contributed by atoms with van der Waals surface area (Å²) in [4.78, 5) is 0. The van der Waals surface area contributed by atoms with Crippen LogP contribution >= 0.6 is 0 Å². The van der Waals surface area contributed by atoms with Gasteiger partial charge in [-0.05, 0) is 58.3 Å². The Morgan fingerprint density at radius 3 is 1.30 bits per heavy atom. The van der Waals surface area contributed by atoms with Gasteiger partial charge in [0.25, 0.3) is 0 Å². The van der Waals surface area contributed by atoms with E-state index in [-0.39, 0.29) is 0 Å². The fourth-order valence-electron chi connectivity index (χ4n) is 6.72. The highest BCUT2D eigenvalue weighted by molar-refractivity contribution is 5.01. The van der Waals surface area contributed by atoms with E-state index >= 15 is 0 Å². The molecule has 0 aromatic heterocycles. The standard InChI is InChI=1S/C19H36N/c1-4-20(5-2,6-3)19-17-13-9-7-11-15(17)16-12-8-10-14-18(16)19/h15-19H,4-14H2,1-3H3/q+1. The number of fused-ring (bicyclic) bond motifs is 3. The van der Waals surface area contributed by atoms with Crippen LogP contribution in [0.4, 0.5) is 0 Å². The molecule has 3 aliphatic carbocycles. The van der Waals surface area contributed by atoms with Gasteiger partial charge in [-0.15, -0.1) is 0 Å². The first-order valence-electron chi connectivity index (χ1n) is 9.63. The molecule has 0 amide bonds. The van der Waals surface area contributed by atoms with Gasteiger partial charge in [-0.2, -0.15) is 0 Å². The number of rotatable bonds is 4. The van der Waals surface area contributed by atoms with Crippen LogP contribution in [0.5, 0.6) is 0 Å². The Bertz CT molecular complexity index is 289. The maximum atomic E-state index is 2.46. The molecule has 0 bridgehead atoms. The highest BCUT2D eigenvalue weighted by Gasteiger charge is 2.57. The van der Waals surface area contributed by atoms with Gasteiger partial charge in [0, 0.05) is 11.8 Å². The van der Waals surface area contributed by atoms with Crippen molar-refractivity contribution in [2.45, 2.75) is 78.2 Å². The normalized spacial score (nSPS) is 41.2. The Hall–Kier alpha value is -0.0400. The first-order chi connectivity index (χ1) is 9.77. The Balaban J connectivity index is 1.94. The molecule has 0 saturated heterocycles. The number of quaternary nitrogens is 1. The van der Waals surface area contributed by atoms with Crippen LogP contribution in [0.25, 0.3) is 0 Å². The molecule has 4 atom stereocenters. The minimum absolute atomic E-state index is 1.02. The van der Waals surface area contributed by atoms with Crippen molar-refractivity contribution in [1.82, 2.24) is 0 Å². The van der Waals surface area contributed by atoms with E-state index in [1.807, 2.05) is 0 Å². The number of hydrogen-bond acceptors (Lipinski definition) is 0. The molecule has 4 unspecified atom stereocenters. The summed E-state index contributed by atoms with van der Waals surface area (Å²) in [6.07, 6.45) is 12.4. The molecule has 116 valence electrons. The van der Waals surface area contributed by atoms with E-state index < -0.39 is 0 Å². The van der Waals surface area contributed by atoms with E-state index in [0.717, 1.165) is 29.7 Å². The lowest BCUT2D eigenvalue weighted by Crippen LogP contribution is -2.59. The second kappa shape index (κ2) is 5.99. The van der Waals surface area contributed by atoms with Gasteiger partial charge in [0.2, 0.25) is 0 Å². The van der Waals surface area contributed by atoms with Gasteiger partial charge >= 0.3 is 0 Å². The average molecular weight is 279 g/mol. The molecule has 0 spiro atoms. The molecule has 3 aliphatic rings. The smallest absolute Gasteiger partial charge is 0.0952 e. The fourth-order valence-corrected chi connectivity index (χ4v) is 6.72. The topological polar surface area (TPSA) is 0 Å². The van der Waals surface area contributed by atoms with Gasteiger partial charge in [0.05, 0.1) is 25.7 Å². The van der Waals surface area contributed by atoms with Crippen molar-refractivity contribution in [2.75, 3.05) is 19.6 Å². The van der Waals surface area contributed by atoms with Crippen molar-refractivity contribution < 1.29 is 4.48 Å². The SMILES string of the molecule is CC[N+](CC)(CC)C1C2CCCCC2C2CCCCC21. The molecule has 3 fully saturated rings. The summed E-state index contributed by atoms with van der Waals surface area (Å²) in [6, 6.07) is 1.02. The van der Waals surface area contributed by atoms with Crippen molar-refractivity contribution in [3.63, 3.8) is 0 Å². The van der Waals surface area contributed by atoms with Gasteiger partial charge in [-0.1, -0.05) is 25.7 Å². The van der Waals surface area contributed by atoms with E-state index in [1.165, 1.54) is 49.8 Å². The van der Waals surface area contributed by atoms with Crippen LogP contribution in [0.1, 0.15) is 72.1 Å². The summed E-state index contributed by atoms with van der Waals surface area (Å²) in [7, 11) is 0. The first-order valence-corrected chi connectivity index (χ1v) is 9.63. The number of nitrogens with zero attached hydrogens (tertiary/aromatic N) is 1. The summed E-state index contributed by atoms with van der Waals surface area (Å²) < 4.78 is 1.43. The largest absolute Gasteiger partial charge is 0.321 e. The predicted molar refractivity (Wildman–Crippen MR) is 86.6 cm³/mol. The summed E-state index contributed by atoms with van der Waals surface area (Å²) in [6.45, 7) is 11.5. The van der Waals surface area contributed by atoms with Gasteiger partial charge in [0.15, 0.2) is 0 Å². The summed E-state index contributed by atoms with van der Waals surface area (Å²) in [5.41, 5.74) is 0. The molecule has 0 aromatic carbocycles. The maximum absolute atomic E-state index is 2.46. The van der Waals surface area contributed by atoms with E-state index in [4.69, 9.17) is 0 Å². The molecule has 3 saturated carbocycles. The predicted octanol–water partition coefficient (Wildman–Crippen LogP) is 4.86. The van der Waals surface area contributed by atoms with Crippen LogP contribution in [0, 0.1) is 23.7 Å². The lowest BCUT2D eigenvalue weighted by Gasteiger charge is -2.48. The molecular formula is C19H36N+. The monoisotopic (exact) mass is 278 g/mol. The zero-order chi connectivity index (χ0) is 14.2. The van der Waals surface area contributed by atoms with Crippen molar-refractivity contribution in [3.8, 4) is 0 Å². The Kier molecular flexibility index (Phi) is 4.45. The summed E-state index contributed by atoms with van der Waals surface area (Å²) in [5, 5.41) is 0. The molecule has 0 N–H and O–H groups in total. The molecule has 0 radical (unpaired) electrons. The first kappa shape index (κ1) is 14.9. The molecule has 3 rings (SSSR count). The van der Waals surface area contributed by atoms with Crippen molar-refractivity contribution in [3.05, 3.63) is 0 Å².